The van der Waals surface area contributed by atoms with Crippen LogP contribution in [0.15, 0.2) is 54.7 Å². The molecular weight excluding hydrogens is 356 g/mol. The third kappa shape index (κ3) is 4.22. The number of aromatic nitrogens is 3. The Morgan fingerprint density at radius 1 is 1.11 bits per heavy atom. The lowest BCUT2D eigenvalue weighted by atomic mass is 10.2. The molecule has 6 heteroatoms. The summed E-state index contributed by atoms with van der Waals surface area (Å²) in [6.07, 6.45) is 5.02. The summed E-state index contributed by atoms with van der Waals surface area (Å²) in [6.45, 7) is 0.491. The van der Waals surface area contributed by atoms with Crippen molar-refractivity contribution in [2.24, 2.45) is 0 Å². The Bertz CT molecular complexity index is 909. The molecule has 0 aliphatic heterocycles. The van der Waals surface area contributed by atoms with Crippen molar-refractivity contribution < 1.29 is 4.79 Å². The van der Waals surface area contributed by atoms with Gasteiger partial charge in [0.25, 0.3) is 0 Å². The van der Waals surface area contributed by atoms with Crippen LogP contribution in [0.25, 0.3) is 5.69 Å². The Kier molecular flexibility index (Phi) is 5.53. The molecule has 2 heterocycles. The molecule has 1 N–H and O–H groups in total. The van der Waals surface area contributed by atoms with Gasteiger partial charge in [-0.05, 0) is 49.1 Å². The molecule has 1 aliphatic carbocycles. The maximum absolute atomic E-state index is 12.2. The largest absolute Gasteiger partial charge is 0.350 e. The number of hydrogen-bond donors (Lipinski definition) is 1. The molecule has 4 rings (SSSR count). The zero-order chi connectivity index (χ0) is 18.5. The molecule has 1 aromatic carbocycles. The molecule has 0 saturated heterocycles. The van der Waals surface area contributed by atoms with E-state index < -0.39 is 0 Å². The molecule has 0 unspecified atom stereocenters. The summed E-state index contributed by atoms with van der Waals surface area (Å²) in [5.41, 5.74) is 5.67. The molecule has 138 valence electrons. The number of nitrogens with zero attached hydrogens (tertiary/aromatic N) is 3. The molecule has 0 saturated carbocycles. The molecule has 5 nitrogen and oxygen atoms in total. The summed E-state index contributed by atoms with van der Waals surface area (Å²) in [7, 11) is 0. The van der Waals surface area contributed by atoms with E-state index in [9.17, 15) is 4.79 Å². The van der Waals surface area contributed by atoms with Crippen LogP contribution in [0.4, 0.5) is 0 Å². The van der Waals surface area contributed by atoms with Crippen LogP contribution in [-0.2, 0) is 29.9 Å². The minimum absolute atomic E-state index is 0.0388. The Morgan fingerprint density at radius 2 is 1.96 bits per heavy atom. The van der Waals surface area contributed by atoms with Crippen LogP contribution >= 0.6 is 11.8 Å². The minimum Gasteiger partial charge on any atom is -0.350 e. The summed E-state index contributed by atoms with van der Waals surface area (Å²) in [5, 5.41) is 7.81. The highest BCUT2D eigenvalue weighted by molar-refractivity contribution is 7.99. The number of para-hydroxylation sites is 1. The summed E-state index contributed by atoms with van der Waals surface area (Å²) < 4.78 is 2.04. The van der Waals surface area contributed by atoms with Gasteiger partial charge in [-0.25, -0.2) is 4.68 Å². The molecule has 2 aromatic heterocycles. The molecule has 1 aliphatic rings. The molecule has 0 fully saturated rings. The first kappa shape index (κ1) is 17.8. The average Bonchev–Trinajstić information content (AvgIpc) is 3.31. The molecule has 1 amide bonds. The number of benzene rings is 1. The van der Waals surface area contributed by atoms with E-state index in [1.807, 2.05) is 41.1 Å². The number of carbonyl (C=O) groups is 1. The van der Waals surface area contributed by atoms with E-state index in [0.717, 1.165) is 42.1 Å². The third-order valence-corrected chi connectivity index (χ3v) is 5.64. The SMILES string of the molecule is O=C(CSCc1ccccn1)NCc1nn(-c2ccccc2)c2c1CCC2. The maximum atomic E-state index is 12.2. The van der Waals surface area contributed by atoms with Crippen molar-refractivity contribution in [3.8, 4) is 5.69 Å². The Labute approximate surface area is 163 Å². The van der Waals surface area contributed by atoms with Crippen LogP contribution in [0.2, 0.25) is 0 Å². The molecule has 0 atom stereocenters. The lowest BCUT2D eigenvalue weighted by Crippen LogP contribution is -2.25. The van der Waals surface area contributed by atoms with Gasteiger partial charge in [-0.3, -0.25) is 9.78 Å². The standard InChI is InChI=1S/C21H22N4OS/c26-21(15-27-14-16-7-4-5-12-22-16)23-13-19-18-10-6-11-20(18)25(24-19)17-8-2-1-3-9-17/h1-5,7-9,12H,6,10-11,13-15H2,(H,23,26). The van der Waals surface area contributed by atoms with E-state index in [0.29, 0.717) is 12.3 Å². The zero-order valence-corrected chi connectivity index (χ0v) is 15.9. The monoisotopic (exact) mass is 378 g/mol. The molecule has 27 heavy (non-hydrogen) atoms. The number of pyridine rings is 1. The van der Waals surface area contributed by atoms with Crippen molar-refractivity contribution in [3.05, 3.63) is 77.4 Å². The van der Waals surface area contributed by atoms with Crippen LogP contribution in [0, 0.1) is 0 Å². The van der Waals surface area contributed by atoms with Gasteiger partial charge < -0.3 is 5.32 Å². The number of rotatable bonds is 7. The molecule has 0 bridgehead atoms. The number of nitrogens with one attached hydrogen (secondary N) is 1. The van der Waals surface area contributed by atoms with Gasteiger partial charge in [0.05, 0.1) is 29.4 Å². The van der Waals surface area contributed by atoms with Crippen molar-refractivity contribution in [1.29, 1.82) is 0 Å². The zero-order valence-electron chi connectivity index (χ0n) is 15.1. The minimum atomic E-state index is 0.0388. The quantitative estimate of drug-likeness (QED) is 0.685. The highest BCUT2D eigenvalue weighted by Gasteiger charge is 2.23. The van der Waals surface area contributed by atoms with Crippen molar-refractivity contribution in [3.63, 3.8) is 0 Å². The Balaban J connectivity index is 1.35. The molecule has 0 spiro atoms. The number of hydrogen-bond acceptors (Lipinski definition) is 4. The first-order valence-electron chi connectivity index (χ1n) is 9.20. The summed E-state index contributed by atoms with van der Waals surface area (Å²) in [6, 6.07) is 16.0. The normalized spacial score (nSPS) is 12.7. The van der Waals surface area contributed by atoms with E-state index in [-0.39, 0.29) is 5.91 Å². The summed E-state index contributed by atoms with van der Waals surface area (Å²) in [5.74, 6) is 1.21. The lowest BCUT2D eigenvalue weighted by molar-refractivity contribution is -0.118. The van der Waals surface area contributed by atoms with E-state index in [4.69, 9.17) is 5.10 Å². The van der Waals surface area contributed by atoms with Crippen LogP contribution in [-0.4, -0.2) is 26.4 Å². The highest BCUT2D eigenvalue weighted by Crippen LogP contribution is 2.27. The number of amides is 1. The van der Waals surface area contributed by atoms with Gasteiger partial charge in [-0.1, -0.05) is 24.3 Å². The highest BCUT2D eigenvalue weighted by atomic mass is 32.2. The fourth-order valence-electron chi connectivity index (χ4n) is 3.40. The second-order valence-corrected chi connectivity index (χ2v) is 7.55. The predicted molar refractivity (Wildman–Crippen MR) is 108 cm³/mol. The Morgan fingerprint density at radius 3 is 2.78 bits per heavy atom. The van der Waals surface area contributed by atoms with Crippen molar-refractivity contribution in [2.45, 2.75) is 31.6 Å². The van der Waals surface area contributed by atoms with E-state index >= 15 is 0 Å². The van der Waals surface area contributed by atoms with Crippen molar-refractivity contribution in [2.75, 3.05) is 5.75 Å². The number of fused-ring (bicyclic) bond motifs is 1. The third-order valence-electron chi connectivity index (χ3n) is 4.68. The average molecular weight is 379 g/mol. The fourth-order valence-corrected chi connectivity index (χ4v) is 4.17. The van der Waals surface area contributed by atoms with Gasteiger partial charge in [0.1, 0.15) is 0 Å². The van der Waals surface area contributed by atoms with Crippen LogP contribution in [0.3, 0.4) is 0 Å². The lowest BCUT2D eigenvalue weighted by Gasteiger charge is -2.05. The van der Waals surface area contributed by atoms with Gasteiger partial charge in [-0.2, -0.15) is 5.10 Å². The topological polar surface area (TPSA) is 59.8 Å². The Hall–Kier alpha value is -2.60. The first-order valence-corrected chi connectivity index (χ1v) is 10.4. The summed E-state index contributed by atoms with van der Waals surface area (Å²) in [4.78, 5) is 16.5. The predicted octanol–water partition coefficient (Wildman–Crippen LogP) is 3.31. The van der Waals surface area contributed by atoms with Gasteiger partial charge in [0, 0.05) is 17.6 Å². The van der Waals surface area contributed by atoms with Crippen molar-refractivity contribution in [1.82, 2.24) is 20.1 Å². The van der Waals surface area contributed by atoms with Crippen LogP contribution in [0.5, 0.6) is 0 Å². The first-order chi connectivity index (χ1) is 13.3. The van der Waals surface area contributed by atoms with E-state index in [2.05, 4.69) is 22.4 Å². The number of thioether (sulfide) groups is 1. The van der Waals surface area contributed by atoms with Crippen molar-refractivity contribution >= 4 is 17.7 Å². The number of carbonyl (C=O) groups excluding carboxylic acids is 1. The second-order valence-electron chi connectivity index (χ2n) is 6.56. The van der Waals surface area contributed by atoms with E-state index in [1.54, 1.807) is 18.0 Å². The molecular formula is C21H22N4OS. The van der Waals surface area contributed by atoms with Gasteiger partial charge >= 0.3 is 0 Å². The van der Waals surface area contributed by atoms with Gasteiger partial charge in [0.2, 0.25) is 5.91 Å². The molecule has 0 radical (unpaired) electrons. The van der Waals surface area contributed by atoms with Crippen LogP contribution < -0.4 is 5.32 Å². The smallest absolute Gasteiger partial charge is 0.230 e. The van der Waals surface area contributed by atoms with E-state index in [1.165, 1.54) is 11.3 Å². The van der Waals surface area contributed by atoms with Gasteiger partial charge in [0.15, 0.2) is 0 Å². The summed E-state index contributed by atoms with van der Waals surface area (Å²) >= 11 is 1.58. The second kappa shape index (κ2) is 8.39. The van der Waals surface area contributed by atoms with Gasteiger partial charge in [-0.15, -0.1) is 11.8 Å². The maximum Gasteiger partial charge on any atom is 0.230 e. The van der Waals surface area contributed by atoms with Crippen LogP contribution in [0.1, 0.15) is 29.1 Å². The fraction of sp³-hybridized carbons (Fsp3) is 0.286. The molecule has 3 aromatic rings.